The Morgan fingerprint density at radius 1 is 0.465 bits per heavy atom. The zero-order chi connectivity index (χ0) is 51.2. The van der Waals surface area contributed by atoms with Gasteiger partial charge in [-0.05, 0) is 165 Å². The molecule has 9 bridgehead atoms. The van der Waals surface area contributed by atoms with Crippen LogP contribution >= 0.6 is 0 Å². The van der Waals surface area contributed by atoms with E-state index in [0.717, 1.165) is 70.0 Å². The Hall–Kier alpha value is -3.69. The van der Waals surface area contributed by atoms with Crippen LogP contribution in [0.3, 0.4) is 0 Å². The Balaban J connectivity index is 0.000000145. The first-order valence-electron chi connectivity index (χ1n) is 27.3. The van der Waals surface area contributed by atoms with E-state index in [4.69, 9.17) is 18.6 Å². The standard InChI is InChI=1S/C29H40N2O3Si.2C14H24N2O2/c1-28(2,3)33-27(32)31-23-17-20-18-24(31)26(25(23)30-19-20)34-35(29(4,5)6,21-13-9-7-10-14-21)22-15-11-8-12-16-22;2*1-8-10-5-9-6-11(12(8)15-7-9)16(10)13(17)18-14(2,3)4/h7-16,20,23-26,30H,17-19H2,1-6H3;2*8-12,15H,5-7H2,1-4H3/t20?,23?,24?,25?,26-;8-,9-,10-,11+,12+;8-,9-,10-,11+,12-/m001/s1. The van der Waals surface area contributed by atoms with Gasteiger partial charge in [0.25, 0.3) is 8.32 Å². The number of carbonyl (C=O) groups excluding carboxylic acids is 3. The number of carbonyl (C=O) groups is 3. The summed E-state index contributed by atoms with van der Waals surface area (Å²) in [7, 11) is -2.74. The molecular weight excluding hydrogens is 909 g/mol. The van der Waals surface area contributed by atoms with Gasteiger partial charge in [0.05, 0.1) is 36.3 Å². The second kappa shape index (κ2) is 19.2. The number of piperidine rings is 6. The fourth-order valence-electron chi connectivity index (χ4n) is 14.7. The van der Waals surface area contributed by atoms with Crippen LogP contribution in [0.25, 0.3) is 0 Å². The fourth-order valence-corrected chi connectivity index (χ4v) is 19.4. The lowest BCUT2D eigenvalue weighted by molar-refractivity contribution is -0.00735. The van der Waals surface area contributed by atoms with Crippen LogP contribution in [0.4, 0.5) is 14.4 Å². The maximum Gasteiger partial charge on any atom is 0.410 e. The van der Waals surface area contributed by atoms with Gasteiger partial charge in [0, 0.05) is 24.2 Å². The summed E-state index contributed by atoms with van der Waals surface area (Å²) in [6.07, 6.45) is 6.05. The fraction of sp³-hybridized carbons (Fsp3) is 0.737. The van der Waals surface area contributed by atoms with Gasteiger partial charge in [0.15, 0.2) is 0 Å². The van der Waals surface area contributed by atoms with Gasteiger partial charge in [0.1, 0.15) is 16.8 Å². The number of fused-ring (bicyclic) bond motifs is 6. The van der Waals surface area contributed by atoms with Crippen molar-refractivity contribution in [3.63, 3.8) is 0 Å². The molecular formula is C57H88N6O7Si. The van der Waals surface area contributed by atoms with E-state index in [1.807, 2.05) is 77.0 Å². The van der Waals surface area contributed by atoms with Crippen molar-refractivity contribution in [3.05, 3.63) is 60.7 Å². The van der Waals surface area contributed by atoms with Crippen molar-refractivity contribution < 1.29 is 33.0 Å². The second-order valence-corrected chi connectivity index (χ2v) is 31.1. The Morgan fingerprint density at radius 3 is 1.13 bits per heavy atom. The summed E-state index contributed by atoms with van der Waals surface area (Å²) in [5.41, 5.74) is -1.32. The molecule has 2 aromatic rings. The molecule has 11 rings (SSSR count). The van der Waals surface area contributed by atoms with E-state index in [1.54, 1.807) is 0 Å². The first-order chi connectivity index (χ1) is 33.2. The molecule has 0 radical (unpaired) electrons. The van der Waals surface area contributed by atoms with Crippen LogP contribution in [0.1, 0.15) is 135 Å². The third-order valence-electron chi connectivity index (χ3n) is 17.4. The van der Waals surface area contributed by atoms with Crippen molar-refractivity contribution in [2.45, 2.75) is 218 Å². The van der Waals surface area contributed by atoms with E-state index in [1.165, 1.54) is 10.4 Å². The highest BCUT2D eigenvalue weighted by Gasteiger charge is 2.63. The maximum atomic E-state index is 13.4. The van der Waals surface area contributed by atoms with Gasteiger partial charge in [-0.25, -0.2) is 14.4 Å². The summed E-state index contributed by atoms with van der Waals surface area (Å²) in [6, 6.07) is 24.3. The molecule has 9 heterocycles. The summed E-state index contributed by atoms with van der Waals surface area (Å²) >= 11 is 0. The van der Waals surface area contributed by atoms with E-state index in [0.29, 0.717) is 54.0 Å². The van der Waals surface area contributed by atoms with Crippen molar-refractivity contribution in [1.82, 2.24) is 30.7 Å². The van der Waals surface area contributed by atoms with E-state index in [9.17, 15) is 14.4 Å². The van der Waals surface area contributed by atoms with Crippen molar-refractivity contribution in [3.8, 4) is 0 Å². The summed E-state index contributed by atoms with van der Waals surface area (Å²) in [6.45, 7) is 32.2. The van der Waals surface area contributed by atoms with Crippen LogP contribution in [0.15, 0.2) is 60.7 Å². The molecule has 9 saturated heterocycles. The molecule has 9 aliphatic heterocycles. The molecule has 0 spiro atoms. The molecule has 14 heteroatoms. The molecule has 392 valence electrons. The number of benzene rings is 2. The van der Waals surface area contributed by atoms with Crippen LogP contribution in [-0.4, -0.2) is 138 Å². The normalized spacial score (nSPS) is 35.4. The van der Waals surface area contributed by atoms with Gasteiger partial charge >= 0.3 is 18.3 Å². The average molecular weight is 997 g/mol. The number of ether oxygens (including phenoxy) is 3. The molecule has 9 fully saturated rings. The SMILES string of the molecule is CC(C)(C)OC(=O)N1C2CC3CNC2[C@@H](O[Si](c2ccccc2)(c2ccccc2)C(C)(C)C)C1C3.C[C@@H]1[C@H]2NC[C@@H]3C[C@H]2N(C(=O)OC(C)(C)C)[C@H]1C3.C[C@H]1[C@H]2NC[C@@H]3C[C@H]1N(C(=O)OC(C)(C)C)[C@H]2C3. The highest BCUT2D eigenvalue weighted by atomic mass is 28.4. The molecule has 3 amide bonds. The van der Waals surface area contributed by atoms with Gasteiger partial charge in [-0.3, -0.25) is 4.90 Å². The van der Waals surface area contributed by atoms with Gasteiger partial charge in [-0.2, -0.15) is 0 Å². The van der Waals surface area contributed by atoms with Gasteiger partial charge in [-0.1, -0.05) is 95.3 Å². The van der Waals surface area contributed by atoms with E-state index >= 15 is 0 Å². The monoisotopic (exact) mass is 997 g/mol. The number of hydrogen-bond donors (Lipinski definition) is 3. The zero-order valence-corrected chi connectivity index (χ0v) is 46.5. The smallest absolute Gasteiger partial charge is 0.410 e. The number of nitrogens with zero attached hydrogens (tertiary/aromatic N) is 3. The number of amides is 3. The minimum atomic E-state index is -2.74. The summed E-state index contributed by atoms with van der Waals surface area (Å²) in [4.78, 5) is 44.3. The van der Waals surface area contributed by atoms with Crippen molar-refractivity contribution >= 4 is 37.0 Å². The second-order valence-electron chi connectivity index (χ2n) is 26.8. The highest BCUT2D eigenvalue weighted by Crippen LogP contribution is 2.49. The van der Waals surface area contributed by atoms with Crippen LogP contribution in [0.5, 0.6) is 0 Å². The number of hydrogen-bond acceptors (Lipinski definition) is 10. The molecule has 71 heavy (non-hydrogen) atoms. The molecule has 15 atom stereocenters. The summed E-state index contributed by atoms with van der Waals surface area (Å²) < 4.78 is 24.7. The molecule has 0 saturated carbocycles. The van der Waals surface area contributed by atoms with E-state index in [2.05, 4.69) is 111 Å². The molecule has 2 aromatic carbocycles. The molecule has 13 nitrogen and oxygen atoms in total. The highest BCUT2D eigenvalue weighted by molar-refractivity contribution is 6.99. The summed E-state index contributed by atoms with van der Waals surface area (Å²) in [5, 5.41) is 13.5. The number of rotatable bonds is 4. The van der Waals surface area contributed by atoms with Crippen LogP contribution < -0.4 is 26.3 Å². The topological polar surface area (TPSA) is 134 Å². The Bertz CT molecular complexity index is 2110. The first-order valence-corrected chi connectivity index (χ1v) is 29.2. The number of nitrogens with one attached hydrogen (secondary N) is 3. The first kappa shape index (κ1) is 52.2. The maximum absolute atomic E-state index is 13.4. The minimum Gasteiger partial charge on any atom is -0.444 e. The molecule has 9 aliphatic rings. The largest absolute Gasteiger partial charge is 0.444 e. The molecule has 4 unspecified atom stereocenters. The van der Waals surface area contributed by atoms with Gasteiger partial charge in [0.2, 0.25) is 0 Å². The summed E-state index contributed by atoms with van der Waals surface area (Å²) in [5.74, 6) is 3.18. The quantitative estimate of drug-likeness (QED) is 0.203. The molecule has 0 aromatic heterocycles. The van der Waals surface area contributed by atoms with Crippen molar-refractivity contribution in [2.75, 3.05) is 19.6 Å². The van der Waals surface area contributed by atoms with Gasteiger partial charge in [-0.15, -0.1) is 0 Å². The Morgan fingerprint density at radius 2 is 0.775 bits per heavy atom. The predicted octanol–water partition coefficient (Wildman–Crippen LogP) is 8.29. The zero-order valence-electron chi connectivity index (χ0n) is 45.5. The minimum absolute atomic E-state index is 0.0234. The van der Waals surface area contributed by atoms with Crippen LogP contribution in [0.2, 0.25) is 5.04 Å². The Labute approximate surface area is 426 Å². The average Bonchev–Trinajstić information content (AvgIpc) is 3.46. The van der Waals surface area contributed by atoms with Crippen molar-refractivity contribution in [1.29, 1.82) is 0 Å². The van der Waals surface area contributed by atoms with Gasteiger partial charge < -0.3 is 44.4 Å². The lowest BCUT2D eigenvalue weighted by atomic mass is 9.88. The lowest BCUT2D eigenvalue weighted by Crippen LogP contribution is -2.69. The molecule has 3 N–H and O–H groups in total. The Kier molecular flexibility index (Phi) is 14.1. The van der Waals surface area contributed by atoms with E-state index in [-0.39, 0.29) is 47.5 Å². The predicted molar refractivity (Wildman–Crippen MR) is 281 cm³/mol. The lowest BCUT2D eigenvalue weighted by Gasteiger charge is -2.46. The molecule has 0 aliphatic carbocycles. The van der Waals surface area contributed by atoms with Crippen LogP contribution in [0, 0.1) is 29.6 Å². The third-order valence-corrected chi connectivity index (χ3v) is 22.4. The van der Waals surface area contributed by atoms with Crippen molar-refractivity contribution in [2.24, 2.45) is 29.6 Å². The van der Waals surface area contributed by atoms with Crippen LogP contribution in [-0.2, 0) is 18.6 Å². The third kappa shape index (κ3) is 10.2. The van der Waals surface area contributed by atoms with E-state index < -0.39 is 25.1 Å².